The standard InChI is InChI=1S/C26H32N6O2/c1-16-28-25(30-29-16)26(12-13-27)21-10-8-19(23(33)31(2)3)14-17(21)6-7-18-15-20(9-11-22(18)26)24(34)32(4)5/h8-11,14-15H,6-7,12-13,27H2,1-5H3,(H,28,29,30). The molecule has 0 unspecified atom stereocenters. The Balaban J connectivity index is 2.00. The summed E-state index contributed by atoms with van der Waals surface area (Å²) in [6, 6.07) is 11.8. The smallest absolute Gasteiger partial charge is 0.253 e. The van der Waals surface area contributed by atoms with E-state index < -0.39 is 5.41 Å². The SMILES string of the molecule is Cc1nnc(C2(CCN)c3ccc(C(=O)N(C)C)cc3CCc3cc(C(=O)N(C)C)ccc32)[nH]1. The minimum Gasteiger partial charge on any atom is -0.345 e. The monoisotopic (exact) mass is 460 g/mol. The number of rotatable bonds is 5. The van der Waals surface area contributed by atoms with Crippen molar-refractivity contribution in [2.45, 2.75) is 31.6 Å². The van der Waals surface area contributed by atoms with E-state index in [1.807, 2.05) is 43.3 Å². The molecule has 0 saturated heterocycles. The van der Waals surface area contributed by atoms with Gasteiger partial charge in [0, 0.05) is 39.3 Å². The molecule has 3 N–H and O–H groups in total. The van der Waals surface area contributed by atoms with Crippen molar-refractivity contribution in [2.75, 3.05) is 34.7 Å². The van der Waals surface area contributed by atoms with Crippen LogP contribution < -0.4 is 5.73 Å². The zero-order chi connectivity index (χ0) is 24.6. The second-order valence-corrected chi connectivity index (χ2v) is 9.35. The van der Waals surface area contributed by atoms with E-state index in [9.17, 15) is 9.59 Å². The van der Waals surface area contributed by atoms with Gasteiger partial charge in [-0.3, -0.25) is 9.59 Å². The molecular weight excluding hydrogens is 428 g/mol. The summed E-state index contributed by atoms with van der Waals surface area (Å²) in [7, 11) is 7.01. The van der Waals surface area contributed by atoms with Crippen LogP contribution >= 0.6 is 0 Å². The van der Waals surface area contributed by atoms with Crippen LogP contribution in [0.5, 0.6) is 0 Å². The van der Waals surface area contributed by atoms with Gasteiger partial charge in [0.2, 0.25) is 0 Å². The molecule has 0 atom stereocenters. The summed E-state index contributed by atoms with van der Waals surface area (Å²) in [5.74, 6) is 1.36. The molecule has 1 heterocycles. The van der Waals surface area contributed by atoms with Gasteiger partial charge < -0.3 is 20.5 Å². The van der Waals surface area contributed by atoms with Crippen molar-refractivity contribution in [3.05, 3.63) is 81.4 Å². The quantitative estimate of drug-likeness (QED) is 0.607. The Labute approximate surface area is 200 Å². The van der Waals surface area contributed by atoms with E-state index in [1.54, 1.807) is 38.0 Å². The molecule has 0 radical (unpaired) electrons. The van der Waals surface area contributed by atoms with Gasteiger partial charge in [0.1, 0.15) is 11.6 Å². The van der Waals surface area contributed by atoms with Gasteiger partial charge in [-0.05, 0) is 79.3 Å². The number of carbonyl (C=O) groups is 2. The highest BCUT2D eigenvalue weighted by atomic mass is 16.2. The van der Waals surface area contributed by atoms with Crippen LogP contribution in [0.25, 0.3) is 0 Å². The number of hydrogen-bond donors (Lipinski definition) is 2. The lowest BCUT2D eigenvalue weighted by Crippen LogP contribution is -2.35. The number of benzene rings is 2. The lowest BCUT2D eigenvalue weighted by atomic mass is 9.69. The molecule has 8 nitrogen and oxygen atoms in total. The molecule has 34 heavy (non-hydrogen) atoms. The average Bonchev–Trinajstić information content (AvgIpc) is 3.21. The highest BCUT2D eigenvalue weighted by Gasteiger charge is 2.43. The van der Waals surface area contributed by atoms with E-state index in [1.165, 1.54) is 0 Å². The lowest BCUT2D eigenvalue weighted by molar-refractivity contribution is 0.0820. The van der Waals surface area contributed by atoms with Gasteiger partial charge in [-0.1, -0.05) is 12.1 Å². The molecule has 2 aromatic carbocycles. The van der Waals surface area contributed by atoms with Crippen LogP contribution in [0.4, 0.5) is 0 Å². The first-order chi connectivity index (χ1) is 16.2. The molecule has 0 saturated carbocycles. The van der Waals surface area contributed by atoms with E-state index in [0.717, 1.165) is 46.7 Å². The molecule has 0 aliphatic heterocycles. The van der Waals surface area contributed by atoms with Gasteiger partial charge >= 0.3 is 0 Å². The number of aromatic nitrogens is 3. The summed E-state index contributed by atoms with van der Waals surface area (Å²) < 4.78 is 0. The van der Waals surface area contributed by atoms with E-state index in [4.69, 9.17) is 5.73 Å². The molecule has 178 valence electrons. The Morgan fingerprint density at radius 1 is 0.912 bits per heavy atom. The van der Waals surface area contributed by atoms with Crippen LogP contribution in [0.1, 0.15) is 61.0 Å². The number of fused-ring (bicyclic) bond motifs is 2. The summed E-state index contributed by atoms with van der Waals surface area (Å²) in [6.07, 6.45) is 2.06. The van der Waals surface area contributed by atoms with Crippen molar-refractivity contribution in [1.82, 2.24) is 25.0 Å². The first-order valence-electron chi connectivity index (χ1n) is 11.5. The van der Waals surface area contributed by atoms with Crippen LogP contribution in [-0.4, -0.2) is 71.5 Å². The number of aryl methyl sites for hydroxylation is 3. The third-order valence-corrected chi connectivity index (χ3v) is 6.62. The van der Waals surface area contributed by atoms with E-state index in [2.05, 4.69) is 15.2 Å². The van der Waals surface area contributed by atoms with Crippen molar-refractivity contribution in [3.63, 3.8) is 0 Å². The van der Waals surface area contributed by atoms with Gasteiger partial charge in [0.05, 0.1) is 5.41 Å². The second-order valence-electron chi connectivity index (χ2n) is 9.35. The zero-order valence-electron chi connectivity index (χ0n) is 20.5. The van der Waals surface area contributed by atoms with Crippen LogP contribution in [0.2, 0.25) is 0 Å². The predicted molar refractivity (Wildman–Crippen MR) is 131 cm³/mol. The molecule has 0 fully saturated rings. The first kappa shape index (κ1) is 23.6. The number of nitrogens with two attached hydrogens (primary N) is 1. The fourth-order valence-corrected chi connectivity index (χ4v) is 5.03. The first-order valence-corrected chi connectivity index (χ1v) is 11.5. The molecule has 3 aromatic rings. The Morgan fingerprint density at radius 3 is 1.79 bits per heavy atom. The van der Waals surface area contributed by atoms with Gasteiger partial charge in [-0.15, -0.1) is 10.2 Å². The summed E-state index contributed by atoms with van der Waals surface area (Å²) >= 11 is 0. The molecular formula is C26H32N6O2. The maximum Gasteiger partial charge on any atom is 0.253 e. The summed E-state index contributed by atoms with van der Waals surface area (Å²) in [5.41, 5.74) is 11.1. The van der Waals surface area contributed by atoms with Gasteiger partial charge in [-0.25, -0.2) is 0 Å². The molecule has 1 aromatic heterocycles. The Hall–Kier alpha value is -3.52. The second kappa shape index (κ2) is 9.02. The number of nitrogens with zero attached hydrogens (tertiary/aromatic N) is 4. The largest absolute Gasteiger partial charge is 0.345 e. The van der Waals surface area contributed by atoms with Gasteiger partial charge in [-0.2, -0.15) is 0 Å². The van der Waals surface area contributed by atoms with Gasteiger partial charge in [0.15, 0.2) is 0 Å². The Morgan fingerprint density at radius 2 is 1.41 bits per heavy atom. The molecule has 4 rings (SSSR count). The summed E-state index contributed by atoms with van der Waals surface area (Å²) in [6.45, 7) is 2.30. The summed E-state index contributed by atoms with van der Waals surface area (Å²) in [5, 5.41) is 8.80. The molecule has 0 spiro atoms. The van der Waals surface area contributed by atoms with Crippen molar-refractivity contribution in [3.8, 4) is 0 Å². The minimum atomic E-state index is -0.670. The third-order valence-electron chi connectivity index (χ3n) is 6.62. The van der Waals surface area contributed by atoms with Crippen LogP contribution in [0, 0.1) is 6.92 Å². The summed E-state index contributed by atoms with van der Waals surface area (Å²) in [4.78, 5) is 32.0. The van der Waals surface area contributed by atoms with Crippen molar-refractivity contribution in [2.24, 2.45) is 5.73 Å². The van der Waals surface area contributed by atoms with Crippen molar-refractivity contribution < 1.29 is 9.59 Å². The van der Waals surface area contributed by atoms with E-state index in [0.29, 0.717) is 24.1 Å². The maximum absolute atomic E-state index is 12.7. The fraction of sp³-hybridized carbons (Fsp3) is 0.385. The number of nitrogens with one attached hydrogen (secondary N) is 1. The molecule has 1 aliphatic rings. The third kappa shape index (κ3) is 3.88. The van der Waals surface area contributed by atoms with Crippen LogP contribution in [0.3, 0.4) is 0 Å². The van der Waals surface area contributed by atoms with E-state index >= 15 is 0 Å². The number of aromatic amines is 1. The predicted octanol–water partition coefficient (Wildman–Crippen LogP) is 2.30. The highest BCUT2D eigenvalue weighted by molar-refractivity contribution is 5.95. The molecule has 8 heteroatoms. The number of H-pyrrole nitrogens is 1. The lowest BCUT2D eigenvalue weighted by Gasteiger charge is -2.34. The molecule has 0 bridgehead atoms. The number of amides is 2. The zero-order valence-corrected chi connectivity index (χ0v) is 20.5. The Bertz CT molecular complexity index is 1170. The maximum atomic E-state index is 12.7. The number of carbonyl (C=O) groups excluding carboxylic acids is 2. The minimum absolute atomic E-state index is 0.0386. The highest BCUT2D eigenvalue weighted by Crippen LogP contribution is 2.46. The normalized spacial score (nSPS) is 14.1. The van der Waals surface area contributed by atoms with Crippen LogP contribution in [0.15, 0.2) is 36.4 Å². The Kier molecular flexibility index (Phi) is 6.27. The van der Waals surface area contributed by atoms with Crippen molar-refractivity contribution >= 4 is 11.8 Å². The topological polar surface area (TPSA) is 108 Å². The number of hydrogen-bond acceptors (Lipinski definition) is 5. The van der Waals surface area contributed by atoms with Crippen LogP contribution in [-0.2, 0) is 18.3 Å². The molecule has 2 amide bonds. The average molecular weight is 461 g/mol. The fourth-order valence-electron chi connectivity index (χ4n) is 5.03. The van der Waals surface area contributed by atoms with E-state index in [-0.39, 0.29) is 11.8 Å². The molecule has 1 aliphatic carbocycles. The van der Waals surface area contributed by atoms with Crippen molar-refractivity contribution in [1.29, 1.82) is 0 Å². The van der Waals surface area contributed by atoms with Gasteiger partial charge in [0.25, 0.3) is 11.8 Å².